The summed E-state index contributed by atoms with van der Waals surface area (Å²) < 4.78 is 1.68. The Morgan fingerprint density at radius 3 is 2.33 bits per heavy atom. The Morgan fingerprint density at radius 2 is 1.67 bits per heavy atom. The average Bonchev–Trinajstić information content (AvgIpc) is 3.36. The number of anilines is 1. The molecule has 0 aliphatic rings. The van der Waals surface area contributed by atoms with Gasteiger partial charge in [0.15, 0.2) is 0 Å². The molecule has 0 N–H and O–H groups in total. The van der Waals surface area contributed by atoms with Crippen LogP contribution in [0.1, 0.15) is 17.5 Å². The van der Waals surface area contributed by atoms with E-state index in [2.05, 4.69) is 16.4 Å². The van der Waals surface area contributed by atoms with E-state index in [9.17, 15) is 10.1 Å². The van der Waals surface area contributed by atoms with Gasteiger partial charge in [-0.15, -0.1) is 5.10 Å². The highest BCUT2D eigenvalue weighted by Gasteiger charge is 2.12. The van der Waals surface area contributed by atoms with Crippen LogP contribution in [0.2, 0.25) is 0 Å². The molecule has 1 aromatic heterocycles. The first kappa shape index (κ1) is 21.7. The van der Waals surface area contributed by atoms with Gasteiger partial charge in [-0.05, 0) is 29.3 Å². The highest BCUT2D eigenvalue weighted by molar-refractivity contribution is 5.92. The number of aryl methyl sites for hydroxylation is 1. The van der Waals surface area contributed by atoms with Gasteiger partial charge in [0.1, 0.15) is 5.69 Å². The van der Waals surface area contributed by atoms with E-state index in [1.54, 1.807) is 16.6 Å². The van der Waals surface area contributed by atoms with Crippen LogP contribution >= 0.6 is 0 Å². The summed E-state index contributed by atoms with van der Waals surface area (Å²) in [6.45, 7) is 0.444. The average molecular weight is 434 g/mol. The summed E-state index contributed by atoms with van der Waals surface area (Å²) in [6, 6.07) is 29.3. The van der Waals surface area contributed by atoms with Gasteiger partial charge in [-0.25, -0.2) is 0 Å². The van der Waals surface area contributed by atoms with E-state index in [0.717, 1.165) is 28.1 Å². The van der Waals surface area contributed by atoms with Gasteiger partial charge in [-0.3, -0.25) is 9.48 Å². The van der Waals surface area contributed by atoms with E-state index in [0.29, 0.717) is 18.5 Å². The number of nitrogens with zero attached hydrogens (tertiary/aromatic N) is 5. The van der Waals surface area contributed by atoms with Gasteiger partial charge in [-0.2, -0.15) is 5.26 Å². The maximum Gasteiger partial charge on any atom is 0.228 e. The third kappa shape index (κ3) is 5.41. The number of benzene rings is 3. The third-order valence-corrected chi connectivity index (χ3v) is 5.33. The van der Waals surface area contributed by atoms with Crippen molar-refractivity contribution in [1.82, 2.24) is 15.0 Å². The minimum Gasteiger partial charge on any atom is -0.315 e. The molecule has 6 nitrogen and oxygen atoms in total. The van der Waals surface area contributed by atoms with Crippen LogP contribution in [0.25, 0.3) is 22.9 Å². The second-order valence-corrected chi connectivity index (χ2v) is 7.56. The number of rotatable bonds is 7. The standard InChI is InChI=1S/C27H23N5O/c1-31(25-10-6-3-7-11-25)27(33)16-17-32-20-26(29-30-32)23-14-12-22(13-15-23)24(19-28)18-21-8-4-2-5-9-21/h2-15,18,20H,16-17H2,1H3/b24-18+. The maximum atomic E-state index is 12.5. The largest absolute Gasteiger partial charge is 0.315 e. The minimum absolute atomic E-state index is 0.0110. The minimum atomic E-state index is 0.0110. The van der Waals surface area contributed by atoms with Crippen LogP contribution in [0.4, 0.5) is 5.69 Å². The Bertz CT molecular complexity index is 1290. The quantitative estimate of drug-likeness (QED) is 0.301. The summed E-state index contributed by atoms with van der Waals surface area (Å²) in [4.78, 5) is 14.1. The Hall–Kier alpha value is -4.50. The SMILES string of the molecule is CN(C(=O)CCn1cc(-c2ccc(/C(C#N)=C/c3ccccc3)cc2)nn1)c1ccccc1. The Kier molecular flexibility index (Phi) is 6.72. The van der Waals surface area contributed by atoms with E-state index < -0.39 is 0 Å². The molecule has 6 heteroatoms. The molecule has 0 bridgehead atoms. The van der Waals surface area contributed by atoms with Crippen LogP contribution in [-0.4, -0.2) is 27.9 Å². The Labute approximate surface area is 193 Å². The number of para-hydroxylation sites is 1. The lowest BCUT2D eigenvalue weighted by Crippen LogP contribution is -2.27. The molecule has 0 atom stereocenters. The lowest BCUT2D eigenvalue weighted by atomic mass is 10.0. The second kappa shape index (κ2) is 10.2. The van der Waals surface area contributed by atoms with Crippen LogP contribution in [0, 0.1) is 11.3 Å². The topological polar surface area (TPSA) is 74.8 Å². The monoisotopic (exact) mass is 433 g/mol. The Balaban J connectivity index is 1.41. The summed E-state index contributed by atoms with van der Waals surface area (Å²) >= 11 is 0. The van der Waals surface area contributed by atoms with Crippen LogP contribution in [0.3, 0.4) is 0 Å². The van der Waals surface area contributed by atoms with Crippen molar-refractivity contribution in [1.29, 1.82) is 5.26 Å². The number of hydrogen-bond acceptors (Lipinski definition) is 4. The molecule has 0 aliphatic carbocycles. The van der Waals surface area contributed by atoms with Gasteiger partial charge in [-0.1, -0.05) is 78.0 Å². The molecular weight excluding hydrogens is 410 g/mol. The second-order valence-electron chi connectivity index (χ2n) is 7.56. The Morgan fingerprint density at radius 1 is 1.00 bits per heavy atom. The van der Waals surface area contributed by atoms with Crippen LogP contribution in [0.5, 0.6) is 0 Å². The van der Waals surface area contributed by atoms with Crippen molar-refractivity contribution in [3.8, 4) is 17.3 Å². The fourth-order valence-electron chi connectivity index (χ4n) is 3.43. The van der Waals surface area contributed by atoms with Gasteiger partial charge in [0.25, 0.3) is 0 Å². The zero-order valence-electron chi connectivity index (χ0n) is 18.3. The number of amides is 1. The fraction of sp³-hybridized carbons (Fsp3) is 0.111. The molecule has 162 valence electrons. The predicted octanol–water partition coefficient (Wildman–Crippen LogP) is 5.06. The normalized spacial score (nSPS) is 11.1. The van der Waals surface area contributed by atoms with Crippen molar-refractivity contribution < 1.29 is 4.79 Å². The van der Waals surface area contributed by atoms with E-state index >= 15 is 0 Å². The summed E-state index contributed by atoms with van der Waals surface area (Å²) in [5, 5.41) is 18.0. The van der Waals surface area contributed by atoms with E-state index in [-0.39, 0.29) is 5.91 Å². The highest BCUT2D eigenvalue weighted by Crippen LogP contribution is 2.22. The first-order valence-corrected chi connectivity index (χ1v) is 10.6. The summed E-state index contributed by atoms with van der Waals surface area (Å²) in [5.41, 5.74) is 4.89. The summed E-state index contributed by atoms with van der Waals surface area (Å²) in [7, 11) is 1.77. The van der Waals surface area contributed by atoms with E-state index in [1.807, 2.05) is 97.2 Å². The highest BCUT2D eigenvalue weighted by atomic mass is 16.2. The van der Waals surface area contributed by atoms with Gasteiger partial charge >= 0.3 is 0 Å². The molecule has 0 saturated carbocycles. The van der Waals surface area contributed by atoms with Crippen LogP contribution in [-0.2, 0) is 11.3 Å². The lowest BCUT2D eigenvalue weighted by Gasteiger charge is -2.16. The van der Waals surface area contributed by atoms with Gasteiger partial charge in [0, 0.05) is 24.7 Å². The predicted molar refractivity (Wildman–Crippen MR) is 130 cm³/mol. The van der Waals surface area contributed by atoms with Crippen molar-refractivity contribution in [3.05, 3.63) is 102 Å². The van der Waals surface area contributed by atoms with E-state index in [1.165, 1.54) is 0 Å². The maximum absolute atomic E-state index is 12.5. The van der Waals surface area contributed by atoms with Crippen LogP contribution in [0.15, 0.2) is 91.1 Å². The molecule has 0 radical (unpaired) electrons. The molecule has 0 aliphatic heterocycles. The molecule has 0 spiro atoms. The third-order valence-electron chi connectivity index (χ3n) is 5.33. The number of hydrogen-bond donors (Lipinski definition) is 0. The van der Waals surface area contributed by atoms with Crippen molar-refractivity contribution in [2.45, 2.75) is 13.0 Å². The number of allylic oxidation sites excluding steroid dienone is 1. The summed E-state index contributed by atoms with van der Waals surface area (Å²) in [6.07, 6.45) is 4.02. The zero-order chi connectivity index (χ0) is 23.0. The van der Waals surface area contributed by atoms with Crippen molar-refractivity contribution in [3.63, 3.8) is 0 Å². The fourth-order valence-corrected chi connectivity index (χ4v) is 3.43. The van der Waals surface area contributed by atoms with Crippen molar-refractivity contribution >= 4 is 23.2 Å². The molecule has 1 amide bonds. The van der Waals surface area contributed by atoms with Gasteiger partial charge in [0.2, 0.25) is 5.91 Å². The molecule has 0 saturated heterocycles. The molecule has 0 unspecified atom stereocenters. The molecule has 0 fully saturated rings. The smallest absolute Gasteiger partial charge is 0.228 e. The van der Waals surface area contributed by atoms with E-state index in [4.69, 9.17) is 0 Å². The molecule has 1 heterocycles. The number of carbonyl (C=O) groups is 1. The molecule has 3 aromatic carbocycles. The lowest BCUT2D eigenvalue weighted by molar-refractivity contribution is -0.118. The first-order valence-electron chi connectivity index (χ1n) is 10.6. The number of carbonyl (C=O) groups excluding carboxylic acids is 1. The molecular formula is C27H23N5O. The van der Waals surface area contributed by atoms with Gasteiger partial charge < -0.3 is 4.90 Å². The molecule has 4 aromatic rings. The summed E-state index contributed by atoms with van der Waals surface area (Å²) in [5.74, 6) is 0.0110. The van der Waals surface area contributed by atoms with Crippen molar-refractivity contribution in [2.24, 2.45) is 0 Å². The number of nitriles is 1. The molecule has 33 heavy (non-hydrogen) atoms. The molecule has 4 rings (SSSR count). The van der Waals surface area contributed by atoms with Gasteiger partial charge in [0.05, 0.1) is 24.4 Å². The number of aromatic nitrogens is 3. The first-order chi connectivity index (χ1) is 16.1. The van der Waals surface area contributed by atoms with Crippen molar-refractivity contribution in [2.75, 3.05) is 11.9 Å². The zero-order valence-corrected chi connectivity index (χ0v) is 18.3. The van der Waals surface area contributed by atoms with Crippen LogP contribution < -0.4 is 4.90 Å².